The van der Waals surface area contributed by atoms with Gasteiger partial charge < -0.3 is 5.32 Å². The normalized spacial score (nSPS) is 32.8. The Morgan fingerprint density at radius 2 is 1.89 bits per heavy atom. The summed E-state index contributed by atoms with van der Waals surface area (Å²) in [6.07, 6.45) is 10.5. The van der Waals surface area contributed by atoms with Crippen molar-refractivity contribution >= 4 is 21.6 Å². The van der Waals surface area contributed by atoms with Crippen LogP contribution in [0.1, 0.15) is 38.5 Å². The maximum absolute atomic E-state index is 9.31. The number of nitriles is 1. The van der Waals surface area contributed by atoms with Gasteiger partial charge in [0.2, 0.25) is 0 Å². The lowest BCUT2D eigenvalue weighted by Crippen LogP contribution is -2.44. The number of pyridine rings is 1. The van der Waals surface area contributed by atoms with Gasteiger partial charge in [-0.3, -0.25) is 4.98 Å². The largest absolute Gasteiger partial charge is 0.383 e. The standard InChI is InChI=1S/C15H18BrN3/c16-12-7-13(9-18-8-12)19-11-15-4-1-14(10-17,2-5-15)3-6-15/h7-9,19H,1-6,11H2. The van der Waals surface area contributed by atoms with Gasteiger partial charge in [0.15, 0.2) is 0 Å². The summed E-state index contributed by atoms with van der Waals surface area (Å²) in [4.78, 5) is 4.18. The number of nitrogens with one attached hydrogen (secondary N) is 1. The highest BCUT2D eigenvalue weighted by Crippen LogP contribution is 2.56. The van der Waals surface area contributed by atoms with E-state index in [1.54, 1.807) is 6.20 Å². The smallest absolute Gasteiger partial charge is 0.0689 e. The van der Waals surface area contributed by atoms with Crippen LogP contribution in [-0.4, -0.2) is 11.5 Å². The molecule has 3 saturated carbocycles. The van der Waals surface area contributed by atoms with E-state index in [1.807, 2.05) is 6.20 Å². The van der Waals surface area contributed by atoms with Crippen LogP contribution < -0.4 is 5.32 Å². The van der Waals surface area contributed by atoms with Crippen molar-refractivity contribution in [2.24, 2.45) is 10.8 Å². The van der Waals surface area contributed by atoms with Crippen LogP contribution in [0.3, 0.4) is 0 Å². The first-order chi connectivity index (χ1) is 9.15. The van der Waals surface area contributed by atoms with Crippen molar-refractivity contribution in [3.8, 4) is 6.07 Å². The molecular formula is C15H18BrN3. The molecule has 0 atom stereocenters. The second kappa shape index (κ2) is 4.79. The van der Waals surface area contributed by atoms with Crippen molar-refractivity contribution in [3.05, 3.63) is 22.9 Å². The van der Waals surface area contributed by atoms with E-state index in [1.165, 1.54) is 19.3 Å². The fourth-order valence-corrected chi connectivity index (χ4v) is 3.86. The molecule has 0 aromatic carbocycles. The second-order valence-electron chi connectivity index (χ2n) is 6.14. The zero-order valence-corrected chi connectivity index (χ0v) is 12.5. The average Bonchev–Trinajstić information content (AvgIpc) is 2.47. The Bertz CT molecular complexity index is 496. The van der Waals surface area contributed by atoms with E-state index < -0.39 is 0 Å². The lowest BCUT2D eigenvalue weighted by atomic mass is 9.54. The van der Waals surface area contributed by atoms with Crippen LogP contribution in [0.25, 0.3) is 0 Å². The zero-order valence-electron chi connectivity index (χ0n) is 11.0. The first-order valence-electron chi connectivity index (χ1n) is 6.91. The fourth-order valence-electron chi connectivity index (χ4n) is 3.49. The van der Waals surface area contributed by atoms with Gasteiger partial charge in [0.25, 0.3) is 0 Å². The van der Waals surface area contributed by atoms with Crippen molar-refractivity contribution in [2.75, 3.05) is 11.9 Å². The van der Waals surface area contributed by atoms with E-state index in [0.717, 1.165) is 36.0 Å². The van der Waals surface area contributed by atoms with Crippen LogP contribution in [0, 0.1) is 22.2 Å². The van der Waals surface area contributed by atoms with Crippen LogP contribution in [0.2, 0.25) is 0 Å². The van der Waals surface area contributed by atoms with E-state index in [-0.39, 0.29) is 5.41 Å². The third-order valence-corrected chi connectivity index (χ3v) is 5.44. The zero-order chi connectivity index (χ0) is 13.3. The molecule has 4 rings (SSSR count). The van der Waals surface area contributed by atoms with Gasteiger partial charge in [-0.05, 0) is 65.9 Å². The van der Waals surface area contributed by atoms with E-state index in [4.69, 9.17) is 0 Å². The van der Waals surface area contributed by atoms with Gasteiger partial charge in [-0.1, -0.05) is 0 Å². The number of halogens is 1. The lowest BCUT2D eigenvalue weighted by molar-refractivity contribution is 0.0363. The Hall–Kier alpha value is -1.08. The van der Waals surface area contributed by atoms with Gasteiger partial charge in [0, 0.05) is 17.2 Å². The maximum atomic E-state index is 9.31. The molecule has 1 heterocycles. The number of rotatable bonds is 3. The summed E-state index contributed by atoms with van der Waals surface area (Å²) in [5.74, 6) is 0. The minimum atomic E-state index is 0.0130. The number of hydrogen-bond acceptors (Lipinski definition) is 3. The highest BCUT2D eigenvalue weighted by molar-refractivity contribution is 9.10. The second-order valence-corrected chi connectivity index (χ2v) is 7.05. The number of anilines is 1. The average molecular weight is 320 g/mol. The number of nitrogens with zero attached hydrogens (tertiary/aromatic N) is 2. The predicted molar refractivity (Wildman–Crippen MR) is 78.6 cm³/mol. The molecule has 3 aliphatic carbocycles. The highest BCUT2D eigenvalue weighted by Gasteiger charge is 2.48. The van der Waals surface area contributed by atoms with Crippen molar-refractivity contribution in [3.63, 3.8) is 0 Å². The van der Waals surface area contributed by atoms with Crippen molar-refractivity contribution < 1.29 is 0 Å². The lowest BCUT2D eigenvalue weighted by Gasteiger charge is -2.50. The molecule has 3 aliphatic rings. The molecule has 1 aromatic rings. The quantitative estimate of drug-likeness (QED) is 0.911. The molecule has 1 aromatic heterocycles. The Labute approximate surface area is 122 Å². The first-order valence-corrected chi connectivity index (χ1v) is 7.71. The molecule has 2 bridgehead atoms. The van der Waals surface area contributed by atoms with Gasteiger partial charge in [0.1, 0.15) is 0 Å². The molecule has 0 aliphatic heterocycles. The van der Waals surface area contributed by atoms with Crippen molar-refractivity contribution in [1.82, 2.24) is 4.98 Å². The molecule has 0 saturated heterocycles. The number of aromatic nitrogens is 1. The Balaban J connectivity index is 1.64. The van der Waals surface area contributed by atoms with Crippen LogP contribution in [0.15, 0.2) is 22.9 Å². The molecule has 100 valence electrons. The molecular weight excluding hydrogens is 302 g/mol. The first kappa shape index (κ1) is 12.9. The van der Waals surface area contributed by atoms with Gasteiger partial charge in [-0.2, -0.15) is 5.26 Å². The Morgan fingerprint density at radius 3 is 2.47 bits per heavy atom. The summed E-state index contributed by atoms with van der Waals surface area (Å²) in [5, 5.41) is 12.8. The summed E-state index contributed by atoms with van der Waals surface area (Å²) in [6, 6.07) is 4.63. The summed E-state index contributed by atoms with van der Waals surface area (Å²) in [6.45, 7) is 1.01. The third kappa shape index (κ3) is 2.49. The molecule has 0 amide bonds. The van der Waals surface area contributed by atoms with Crippen LogP contribution in [0.4, 0.5) is 5.69 Å². The van der Waals surface area contributed by atoms with E-state index in [9.17, 15) is 5.26 Å². The maximum Gasteiger partial charge on any atom is 0.0689 e. The summed E-state index contributed by atoms with van der Waals surface area (Å²) in [5.41, 5.74) is 1.49. The van der Waals surface area contributed by atoms with Gasteiger partial charge in [-0.15, -0.1) is 0 Å². The van der Waals surface area contributed by atoms with Crippen molar-refractivity contribution in [1.29, 1.82) is 5.26 Å². The number of fused-ring (bicyclic) bond motifs is 3. The Morgan fingerprint density at radius 1 is 1.21 bits per heavy atom. The van der Waals surface area contributed by atoms with Gasteiger partial charge >= 0.3 is 0 Å². The third-order valence-electron chi connectivity index (χ3n) is 5.01. The summed E-state index contributed by atoms with van der Waals surface area (Å²) in [7, 11) is 0. The van der Waals surface area contributed by atoms with Gasteiger partial charge in [-0.25, -0.2) is 0 Å². The van der Waals surface area contributed by atoms with E-state index >= 15 is 0 Å². The van der Waals surface area contributed by atoms with E-state index in [0.29, 0.717) is 5.41 Å². The molecule has 3 nitrogen and oxygen atoms in total. The van der Waals surface area contributed by atoms with E-state index in [2.05, 4.69) is 38.4 Å². The van der Waals surface area contributed by atoms with Gasteiger partial charge in [0.05, 0.1) is 23.4 Å². The molecule has 3 fully saturated rings. The topological polar surface area (TPSA) is 48.7 Å². The van der Waals surface area contributed by atoms with Crippen molar-refractivity contribution in [2.45, 2.75) is 38.5 Å². The molecule has 19 heavy (non-hydrogen) atoms. The monoisotopic (exact) mass is 319 g/mol. The number of hydrogen-bond donors (Lipinski definition) is 1. The van der Waals surface area contributed by atoms with Crippen LogP contribution in [0.5, 0.6) is 0 Å². The Kier molecular flexibility index (Phi) is 3.26. The fraction of sp³-hybridized carbons (Fsp3) is 0.600. The minimum absolute atomic E-state index is 0.0130. The summed E-state index contributed by atoms with van der Waals surface area (Å²) < 4.78 is 1.01. The molecule has 0 unspecified atom stereocenters. The SMILES string of the molecule is N#CC12CCC(CNc3cncc(Br)c3)(CC1)CC2. The molecule has 0 radical (unpaired) electrons. The van der Waals surface area contributed by atoms with Crippen LogP contribution in [-0.2, 0) is 0 Å². The highest BCUT2D eigenvalue weighted by atomic mass is 79.9. The minimum Gasteiger partial charge on any atom is -0.383 e. The molecule has 1 N–H and O–H groups in total. The molecule has 0 spiro atoms. The predicted octanol–water partition coefficient (Wildman–Crippen LogP) is 4.12. The summed E-state index contributed by atoms with van der Waals surface area (Å²) >= 11 is 3.44. The van der Waals surface area contributed by atoms with Crippen LogP contribution >= 0.6 is 15.9 Å². The molecule has 4 heteroatoms.